The van der Waals surface area contributed by atoms with Crippen LogP contribution in [0.2, 0.25) is 0 Å². The van der Waals surface area contributed by atoms with E-state index in [1.807, 2.05) is 17.8 Å². The lowest BCUT2D eigenvalue weighted by molar-refractivity contribution is 0.0531. The molecular weight excluding hydrogens is 300 g/mol. The van der Waals surface area contributed by atoms with Gasteiger partial charge in [-0.05, 0) is 26.8 Å². The van der Waals surface area contributed by atoms with Crippen molar-refractivity contribution in [3.63, 3.8) is 0 Å². The highest BCUT2D eigenvalue weighted by molar-refractivity contribution is 5.85. The smallest absolute Gasteiger partial charge is 0.307 e. The molecule has 0 fully saturated rings. The van der Waals surface area contributed by atoms with Crippen LogP contribution in [0.1, 0.15) is 43.4 Å². The van der Waals surface area contributed by atoms with Crippen LogP contribution in [0, 0.1) is 6.92 Å². The van der Waals surface area contributed by atoms with E-state index in [1.165, 1.54) is 6.20 Å². The molecule has 0 aliphatic rings. The molecule has 0 radical (unpaired) electrons. The summed E-state index contributed by atoms with van der Waals surface area (Å²) in [6.07, 6.45) is 3.36. The normalized spacial score (nSPS) is 11.2. The van der Waals surface area contributed by atoms with Crippen molar-refractivity contribution in [2.24, 2.45) is 0 Å². The maximum atomic E-state index is 12.6. The second-order valence-corrected chi connectivity index (χ2v) is 4.96. The number of rotatable bonds is 6. The van der Waals surface area contributed by atoms with Gasteiger partial charge in [0.25, 0.3) is 0 Å². The number of aryl methyl sites for hydroxylation is 1. The SMILES string of the molecule is Cc1nn(C(C)C)cc1CNCc1ccnn1C(F)F.Cl. The minimum atomic E-state index is -2.60. The largest absolute Gasteiger partial charge is 0.333 e. The van der Waals surface area contributed by atoms with Crippen LogP contribution in [0.5, 0.6) is 0 Å². The Morgan fingerprint density at radius 1 is 1.29 bits per heavy atom. The molecule has 21 heavy (non-hydrogen) atoms. The first-order valence-electron chi connectivity index (χ1n) is 6.55. The Morgan fingerprint density at radius 2 is 2.00 bits per heavy atom. The van der Waals surface area contributed by atoms with Gasteiger partial charge in [-0.1, -0.05) is 0 Å². The van der Waals surface area contributed by atoms with Gasteiger partial charge < -0.3 is 5.32 Å². The summed E-state index contributed by atoms with van der Waals surface area (Å²) in [5.74, 6) is 0. The summed E-state index contributed by atoms with van der Waals surface area (Å²) in [5.41, 5.74) is 2.49. The van der Waals surface area contributed by atoms with E-state index < -0.39 is 6.55 Å². The van der Waals surface area contributed by atoms with Gasteiger partial charge in [0.2, 0.25) is 0 Å². The zero-order valence-corrected chi connectivity index (χ0v) is 13.1. The van der Waals surface area contributed by atoms with Crippen molar-refractivity contribution in [2.75, 3.05) is 0 Å². The summed E-state index contributed by atoms with van der Waals surface area (Å²) in [6.45, 7) is 4.39. The first kappa shape index (κ1) is 17.6. The van der Waals surface area contributed by atoms with Crippen molar-refractivity contribution in [1.82, 2.24) is 24.9 Å². The van der Waals surface area contributed by atoms with Crippen molar-refractivity contribution in [1.29, 1.82) is 0 Å². The van der Waals surface area contributed by atoms with Crippen molar-refractivity contribution < 1.29 is 8.78 Å². The zero-order chi connectivity index (χ0) is 14.7. The summed E-state index contributed by atoms with van der Waals surface area (Å²) in [6, 6.07) is 1.89. The summed E-state index contributed by atoms with van der Waals surface area (Å²) in [4.78, 5) is 0. The van der Waals surface area contributed by atoms with Crippen LogP contribution in [0.4, 0.5) is 8.78 Å². The number of nitrogens with zero attached hydrogens (tertiary/aromatic N) is 4. The molecule has 0 amide bonds. The average molecular weight is 320 g/mol. The molecule has 0 aliphatic carbocycles. The van der Waals surface area contributed by atoms with Gasteiger partial charge in [-0.15, -0.1) is 12.4 Å². The summed E-state index contributed by atoms with van der Waals surface area (Å²) in [7, 11) is 0. The lowest BCUT2D eigenvalue weighted by Gasteiger charge is -2.07. The van der Waals surface area contributed by atoms with Gasteiger partial charge in [-0.25, -0.2) is 4.68 Å². The highest BCUT2D eigenvalue weighted by Gasteiger charge is 2.11. The van der Waals surface area contributed by atoms with Gasteiger partial charge >= 0.3 is 6.55 Å². The first-order chi connectivity index (χ1) is 9.49. The lowest BCUT2D eigenvalue weighted by atomic mass is 10.2. The molecule has 0 bridgehead atoms. The van der Waals surface area contributed by atoms with E-state index in [9.17, 15) is 8.78 Å². The summed E-state index contributed by atoms with van der Waals surface area (Å²) >= 11 is 0. The molecule has 0 atom stereocenters. The van der Waals surface area contributed by atoms with Crippen LogP contribution in [0.15, 0.2) is 18.5 Å². The van der Waals surface area contributed by atoms with Crippen LogP contribution >= 0.6 is 12.4 Å². The molecule has 1 N–H and O–H groups in total. The Morgan fingerprint density at radius 3 is 2.57 bits per heavy atom. The number of nitrogens with one attached hydrogen (secondary N) is 1. The average Bonchev–Trinajstić information content (AvgIpc) is 2.97. The number of halogens is 3. The fourth-order valence-electron chi connectivity index (χ4n) is 1.94. The summed E-state index contributed by atoms with van der Waals surface area (Å²) in [5, 5.41) is 11.2. The molecule has 2 aromatic heterocycles. The molecule has 2 rings (SSSR count). The van der Waals surface area contributed by atoms with Gasteiger partial charge in [0, 0.05) is 37.1 Å². The number of alkyl halides is 2. The molecule has 5 nitrogen and oxygen atoms in total. The minimum absolute atomic E-state index is 0. The molecule has 118 valence electrons. The van der Waals surface area contributed by atoms with E-state index >= 15 is 0 Å². The molecule has 0 spiro atoms. The maximum Gasteiger partial charge on any atom is 0.333 e. The Labute approximate surface area is 128 Å². The third kappa shape index (κ3) is 4.25. The van der Waals surface area contributed by atoms with Crippen molar-refractivity contribution in [3.8, 4) is 0 Å². The predicted octanol–water partition coefficient (Wildman–Crippen LogP) is 3.08. The quantitative estimate of drug-likeness (QED) is 0.890. The molecule has 8 heteroatoms. The van der Waals surface area contributed by atoms with Crippen LogP contribution in [-0.2, 0) is 13.1 Å². The minimum Gasteiger partial charge on any atom is -0.307 e. The molecule has 2 aromatic rings. The molecule has 0 aromatic carbocycles. The zero-order valence-electron chi connectivity index (χ0n) is 12.3. The van der Waals surface area contributed by atoms with E-state index in [0.717, 1.165) is 15.9 Å². The van der Waals surface area contributed by atoms with Crippen LogP contribution in [0.25, 0.3) is 0 Å². The van der Waals surface area contributed by atoms with Crippen molar-refractivity contribution >= 4 is 12.4 Å². The van der Waals surface area contributed by atoms with E-state index in [-0.39, 0.29) is 12.4 Å². The Kier molecular flexibility index (Phi) is 6.29. The van der Waals surface area contributed by atoms with Gasteiger partial charge in [-0.2, -0.15) is 19.0 Å². The second kappa shape index (κ2) is 7.51. The van der Waals surface area contributed by atoms with E-state index in [0.29, 0.717) is 24.8 Å². The van der Waals surface area contributed by atoms with Gasteiger partial charge in [0.15, 0.2) is 0 Å². The topological polar surface area (TPSA) is 47.7 Å². The number of aromatic nitrogens is 4. The third-order valence-corrected chi connectivity index (χ3v) is 3.11. The van der Waals surface area contributed by atoms with Crippen LogP contribution in [0.3, 0.4) is 0 Å². The van der Waals surface area contributed by atoms with Crippen molar-refractivity contribution in [2.45, 2.75) is 46.5 Å². The number of hydrogen-bond donors (Lipinski definition) is 1. The van der Waals surface area contributed by atoms with E-state index in [2.05, 4.69) is 29.4 Å². The third-order valence-electron chi connectivity index (χ3n) is 3.11. The fraction of sp³-hybridized carbons (Fsp3) is 0.538. The monoisotopic (exact) mass is 319 g/mol. The highest BCUT2D eigenvalue weighted by Crippen LogP contribution is 2.13. The van der Waals surface area contributed by atoms with Crippen molar-refractivity contribution in [3.05, 3.63) is 35.4 Å². The highest BCUT2D eigenvalue weighted by atomic mass is 35.5. The Hall–Kier alpha value is -1.47. The Bertz CT molecular complexity index is 565. The van der Waals surface area contributed by atoms with E-state index in [4.69, 9.17) is 0 Å². The fourth-order valence-corrected chi connectivity index (χ4v) is 1.94. The van der Waals surface area contributed by atoms with Crippen LogP contribution in [-0.4, -0.2) is 19.6 Å². The first-order valence-corrected chi connectivity index (χ1v) is 6.55. The van der Waals surface area contributed by atoms with Crippen LogP contribution < -0.4 is 5.32 Å². The molecule has 0 aliphatic heterocycles. The summed E-state index contributed by atoms with van der Waals surface area (Å²) < 4.78 is 27.9. The molecular formula is C13H20ClF2N5. The Balaban J connectivity index is 0.00000220. The lowest BCUT2D eigenvalue weighted by Crippen LogP contribution is -2.17. The second-order valence-electron chi connectivity index (χ2n) is 4.96. The maximum absolute atomic E-state index is 12.6. The van der Waals surface area contributed by atoms with Gasteiger partial charge in [0.1, 0.15) is 0 Å². The molecule has 2 heterocycles. The van der Waals surface area contributed by atoms with E-state index in [1.54, 1.807) is 6.07 Å². The standard InChI is InChI=1S/C13H19F2N5.ClH/c1-9(2)19-8-11(10(3)18-19)6-16-7-12-4-5-17-20(12)13(14)15;/h4-5,8-9,13,16H,6-7H2,1-3H3;1H. The van der Waals surface area contributed by atoms with Gasteiger partial charge in [-0.3, -0.25) is 4.68 Å². The molecule has 0 unspecified atom stereocenters. The molecule has 0 saturated carbocycles. The predicted molar refractivity (Wildman–Crippen MR) is 78.6 cm³/mol. The van der Waals surface area contributed by atoms with Gasteiger partial charge in [0.05, 0.1) is 11.4 Å². The number of hydrogen-bond acceptors (Lipinski definition) is 3. The molecule has 0 saturated heterocycles.